The molecule has 0 atom stereocenters. The quantitative estimate of drug-likeness (QED) is 0.873. The molecule has 0 bridgehead atoms. The number of urea groups is 1. The van der Waals surface area contributed by atoms with Crippen LogP contribution in [-0.4, -0.2) is 58.0 Å². The summed E-state index contributed by atoms with van der Waals surface area (Å²) in [4.78, 5) is 30.6. The predicted octanol–water partition coefficient (Wildman–Crippen LogP) is 1.83. The van der Waals surface area contributed by atoms with E-state index in [0.717, 1.165) is 36.9 Å². The number of aromatic nitrogens is 3. The van der Waals surface area contributed by atoms with Gasteiger partial charge in [-0.3, -0.25) is 9.78 Å². The Hall–Kier alpha value is -2.74. The zero-order valence-electron chi connectivity index (χ0n) is 15.8. The molecule has 1 aliphatic carbocycles. The Labute approximate surface area is 163 Å². The molecule has 2 aliphatic rings. The zero-order chi connectivity index (χ0) is 19.3. The van der Waals surface area contributed by atoms with Crippen LogP contribution in [0.25, 0.3) is 11.3 Å². The highest BCUT2D eigenvalue weighted by molar-refractivity contribution is 5.74. The van der Waals surface area contributed by atoms with Gasteiger partial charge in [0.05, 0.1) is 24.9 Å². The fourth-order valence-electron chi connectivity index (χ4n) is 3.86. The van der Waals surface area contributed by atoms with E-state index >= 15 is 0 Å². The van der Waals surface area contributed by atoms with Crippen molar-refractivity contribution in [3.05, 3.63) is 47.0 Å². The molecule has 2 fully saturated rings. The molecule has 148 valence electrons. The van der Waals surface area contributed by atoms with Gasteiger partial charge in [0.2, 0.25) is 0 Å². The van der Waals surface area contributed by atoms with Crippen LogP contribution in [0.4, 0.5) is 4.79 Å². The van der Waals surface area contributed by atoms with Gasteiger partial charge < -0.3 is 15.0 Å². The molecule has 2 aromatic heterocycles. The lowest BCUT2D eigenvalue weighted by Gasteiger charge is -2.33. The van der Waals surface area contributed by atoms with Crippen LogP contribution >= 0.6 is 0 Å². The van der Waals surface area contributed by atoms with Crippen LogP contribution in [0, 0.1) is 0 Å². The van der Waals surface area contributed by atoms with Crippen LogP contribution < -0.4 is 10.9 Å². The number of rotatable bonds is 3. The highest BCUT2D eigenvalue weighted by Crippen LogP contribution is 2.27. The van der Waals surface area contributed by atoms with E-state index in [4.69, 9.17) is 4.74 Å². The van der Waals surface area contributed by atoms with Crippen LogP contribution in [0.1, 0.15) is 31.7 Å². The maximum atomic E-state index is 12.4. The van der Waals surface area contributed by atoms with E-state index in [1.807, 2.05) is 12.1 Å². The van der Waals surface area contributed by atoms with Crippen molar-refractivity contribution < 1.29 is 9.53 Å². The first-order chi connectivity index (χ1) is 13.7. The number of amides is 2. The Morgan fingerprint density at radius 1 is 1.04 bits per heavy atom. The van der Waals surface area contributed by atoms with Gasteiger partial charge >= 0.3 is 6.03 Å². The molecule has 28 heavy (non-hydrogen) atoms. The van der Waals surface area contributed by atoms with E-state index < -0.39 is 0 Å². The number of carbonyl (C=O) groups excluding carboxylic acids is 1. The normalized spacial score (nSPS) is 22.6. The molecule has 0 radical (unpaired) electrons. The number of hydrogen-bond donors (Lipinski definition) is 1. The van der Waals surface area contributed by atoms with Crippen molar-refractivity contribution in [2.75, 3.05) is 26.3 Å². The second kappa shape index (κ2) is 8.52. The van der Waals surface area contributed by atoms with Crippen LogP contribution in [-0.2, 0) is 4.74 Å². The molecule has 1 N–H and O–H groups in total. The molecule has 8 nitrogen and oxygen atoms in total. The Kier molecular flexibility index (Phi) is 5.66. The zero-order valence-corrected chi connectivity index (χ0v) is 15.8. The predicted molar refractivity (Wildman–Crippen MR) is 104 cm³/mol. The molecule has 4 rings (SSSR count). The first kappa shape index (κ1) is 18.6. The average Bonchev–Trinajstić information content (AvgIpc) is 2.76. The van der Waals surface area contributed by atoms with Crippen LogP contribution in [0.5, 0.6) is 0 Å². The van der Waals surface area contributed by atoms with Gasteiger partial charge in [-0.2, -0.15) is 5.10 Å². The van der Waals surface area contributed by atoms with E-state index in [1.165, 1.54) is 0 Å². The number of morpholine rings is 1. The molecule has 3 heterocycles. The molecule has 1 saturated carbocycles. The van der Waals surface area contributed by atoms with Crippen molar-refractivity contribution >= 4 is 6.03 Å². The number of nitrogens with one attached hydrogen (secondary N) is 1. The molecule has 1 saturated heterocycles. The van der Waals surface area contributed by atoms with Crippen molar-refractivity contribution in [3.8, 4) is 11.3 Å². The van der Waals surface area contributed by atoms with Crippen molar-refractivity contribution in [1.82, 2.24) is 25.0 Å². The second-order valence-electron chi connectivity index (χ2n) is 7.29. The summed E-state index contributed by atoms with van der Waals surface area (Å²) >= 11 is 0. The third-order valence-electron chi connectivity index (χ3n) is 5.47. The van der Waals surface area contributed by atoms with Gasteiger partial charge in [-0.05, 0) is 43.9 Å². The average molecular weight is 383 g/mol. The summed E-state index contributed by atoms with van der Waals surface area (Å²) in [5.41, 5.74) is 1.62. The molecular formula is C20H25N5O3. The van der Waals surface area contributed by atoms with Crippen LogP contribution in [0.2, 0.25) is 0 Å². The van der Waals surface area contributed by atoms with Crippen molar-refractivity contribution in [3.63, 3.8) is 0 Å². The van der Waals surface area contributed by atoms with Crippen molar-refractivity contribution in [2.45, 2.75) is 37.8 Å². The first-order valence-corrected chi connectivity index (χ1v) is 9.84. The van der Waals surface area contributed by atoms with Gasteiger partial charge in [0.15, 0.2) is 0 Å². The second-order valence-corrected chi connectivity index (χ2v) is 7.29. The van der Waals surface area contributed by atoms with E-state index in [-0.39, 0.29) is 23.7 Å². The van der Waals surface area contributed by atoms with Gasteiger partial charge in [0.25, 0.3) is 5.56 Å². The van der Waals surface area contributed by atoms with Crippen LogP contribution in [0.3, 0.4) is 0 Å². The number of nitrogens with zero attached hydrogens (tertiary/aromatic N) is 4. The molecule has 0 aromatic carbocycles. The van der Waals surface area contributed by atoms with E-state index in [1.54, 1.807) is 34.1 Å². The summed E-state index contributed by atoms with van der Waals surface area (Å²) in [5.74, 6) is 0. The third-order valence-corrected chi connectivity index (χ3v) is 5.47. The summed E-state index contributed by atoms with van der Waals surface area (Å²) in [7, 11) is 0. The maximum absolute atomic E-state index is 12.4. The molecule has 0 unspecified atom stereocenters. The standard InChI is InChI=1S/C20H25N5O3/c26-19-6-5-18(15-7-9-21-10-8-15)23-25(19)17-3-1-16(2-4-17)22-20(27)24-11-13-28-14-12-24/h5-10,16-17H,1-4,11-14H2,(H,22,27). The largest absolute Gasteiger partial charge is 0.378 e. The van der Waals surface area contributed by atoms with Gasteiger partial charge in [0, 0.05) is 43.2 Å². The summed E-state index contributed by atoms with van der Waals surface area (Å²) in [6.45, 7) is 2.48. The Balaban J connectivity index is 1.38. The van der Waals surface area contributed by atoms with Crippen molar-refractivity contribution in [1.29, 1.82) is 0 Å². The highest BCUT2D eigenvalue weighted by atomic mass is 16.5. The van der Waals surface area contributed by atoms with Gasteiger partial charge in [0.1, 0.15) is 0 Å². The van der Waals surface area contributed by atoms with Gasteiger partial charge in [-0.25, -0.2) is 9.48 Å². The molecule has 8 heteroatoms. The SMILES string of the molecule is O=C(NC1CCC(n2nc(-c3ccncc3)ccc2=O)CC1)N1CCOCC1. The van der Waals surface area contributed by atoms with Crippen molar-refractivity contribution in [2.24, 2.45) is 0 Å². The summed E-state index contributed by atoms with van der Waals surface area (Å²) in [6, 6.07) is 7.29. The monoisotopic (exact) mass is 383 g/mol. The van der Waals surface area contributed by atoms with E-state index in [0.29, 0.717) is 26.3 Å². The smallest absolute Gasteiger partial charge is 0.317 e. The summed E-state index contributed by atoms with van der Waals surface area (Å²) < 4.78 is 6.90. The number of ether oxygens (including phenoxy) is 1. The lowest BCUT2D eigenvalue weighted by atomic mass is 9.91. The van der Waals surface area contributed by atoms with Gasteiger partial charge in [-0.15, -0.1) is 0 Å². The van der Waals surface area contributed by atoms with E-state index in [9.17, 15) is 9.59 Å². The first-order valence-electron chi connectivity index (χ1n) is 9.84. The fraction of sp³-hybridized carbons (Fsp3) is 0.500. The Morgan fingerprint density at radius 3 is 2.46 bits per heavy atom. The lowest BCUT2D eigenvalue weighted by molar-refractivity contribution is 0.0519. The number of hydrogen-bond acceptors (Lipinski definition) is 5. The summed E-state index contributed by atoms with van der Waals surface area (Å²) in [6.07, 6.45) is 6.76. The Morgan fingerprint density at radius 2 is 1.75 bits per heavy atom. The molecule has 2 amide bonds. The fourth-order valence-corrected chi connectivity index (χ4v) is 3.86. The molecule has 0 spiro atoms. The number of carbonyl (C=O) groups is 1. The topological polar surface area (TPSA) is 89.3 Å². The van der Waals surface area contributed by atoms with Gasteiger partial charge in [-0.1, -0.05) is 0 Å². The molecular weight excluding hydrogens is 358 g/mol. The summed E-state index contributed by atoms with van der Waals surface area (Å²) in [5, 5.41) is 7.72. The highest BCUT2D eigenvalue weighted by Gasteiger charge is 2.26. The van der Waals surface area contributed by atoms with E-state index in [2.05, 4.69) is 15.4 Å². The Bertz CT molecular complexity index is 856. The minimum absolute atomic E-state index is 0.0123. The minimum Gasteiger partial charge on any atom is -0.378 e. The third kappa shape index (κ3) is 4.22. The maximum Gasteiger partial charge on any atom is 0.317 e. The molecule has 1 aliphatic heterocycles. The lowest BCUT2D eigenvalue weighted by Crippen LogP contribution is -2.50. The van der Waals surface area contributed by atoms with Crippen LogP contribution in [0.15, 0.2) is 41.5 Å². The number of pyridine rings is 1. The minimum atomic E-state index is -0.0846. The molecule has 2 aromatic rings.